The van der Waals surface area contributed by atoms with Gasteiger partial charge in [-0.3, -0.25) is 0 Å². The predicted octanol–water partition coefficient (Wildman–Crippen LogP) is 3.72. The summed E-state index contributed by atoms with van der Waals surface area (Å²) in [5.41, 5.74) is 6.82. The van der Waals surface area contributed by atoms with Crippen LogP contribution in [0.4, 0.5) is 5.69 Å². The van der Waals surface area contributed by atoms with Crippen molar-refractivity contribution in [2.75, 3.05) is 5.73 Å². The first kappa shape index (κ1) is 16.3. The fraction of sp³-hybridized carbons (Fsp3) is 0.143. The topological polar surface area (TPSA) is 72.2 Å². The zero-order chi connectivity index (χ0) is 15.6. The lowest BCUT2D eigenvalue weighted by Gasteiger charge is -2.15. The molecule has 2 aromatic rings. The molecule has 0 aliphatic carbocycles. The highest BCUT2D eigenvalue weighted by Crippen LogP contribution is 2.25. The van der Waals surface area contributed by atoms with Gasteiger partial charge in [-0.1, -0.05) is 39.7 Å². The minimum Gasteiger partial charge on any atom is -0.399 e. The number of anilines is 1. The summed E-state index contributed by atoms with van der Waals surface area (Å²) in [6.07, 6.45) is 0. The van der Waals surface area contributed by atoms with Gasteiger partial charge in [-0.15, -0.1) is 0 Å². The Bertz CT molecular complexity index is 748. The molecule has 0 unspecified atom stereocenters. The van der Waals surface area contributed by atoms with Crippen LogP contribution in [0.25, 0.3) is 0 Å². The molecule has 4 nitrogen and oxygen atoms in total. The molecule has 2 rings (SSSR count). The molecule has 0 spiro atoms. The van der Waals surface area contributed by atoms with E-state index >= 15 is 0 Å². The molecule has 0 saturated carbocycles. The van der Waals surface area contributed by atoms with Crippen LogP contribution in [0.2, 0.25) is 5.02 Å². The zero-order valence-electron chi connectivity index (χ0n) is 11.2. The van der Waals surface area contributed by atoms with Crippen LogP contribution in [0.5, 0.6) is 0 Å². The number of benzene rings is 2. The maximum Gasteiger partial charge on any atom is 0.242 e. The van der Waals surface area contributed by atoms with Crippen LogP contribution in [0.3, 0.4) is 0 Å². The maximum absolute atomic E-state index is 12.4. The molecule has 112 valence electrons. The van der Waals surface area contributed by atoms with Crippen LogP contribution in [0.1, 0.15) is 18.5 Å². The second kappa shape index (κ2) is 6.36. The first-order chi connectivity index (χ1) is 9.79. The summed E-state index contributed by atoms with van der Waals surface area (Å²) in [6, 6.07) is 11.4. The predicted molar refractivity (Wildman–Crippen MR) is 88.7 cm³/mol. The molecule has 0 aliphatic heterocycles. The monoisotopic (exact) mass is 388 g/mol. The minimum absolute atomic E-state index is 0.0203. The number of nitrogen functional groups attached to an aromatic ring is 1. The highest BCUT2D eigenvalue weighted by molar-refractivity contribution is 9.10. The Labute approximate surface area is 137 Å². The molecule has 0 saturated heterocycles. The Kier molecular flexibility index (Phi) is 4.93. The van der Waals surface area contributed by atoms with Gasteiger partial charge in [0.05, 0.1) is 5.02 Å². The van der Waals surface area contributed by atoms with Gasteiger partial charge < -0.3 is 5.73 Å². The maximum atomic E-state index is 12.4. The molecule has 0 heterocycles. The lowest BCUT2D eigenvalue weighted by Crippen LogP contribution is -2.27. The summed E-state index contributed by atoms with van der Waals surface area (Å²) >= 11 is 9.29. The summed E-state index contributed by atoms with van der Waals surface area (Å²) in [5.74, 6) is 0. The Morgan fingerprint density at radius 1 is 1.19 bits per heavy atom. The van der Waals surface area contributed by atoms with Gasteiger partial charge in [0.1, 0.15) is 4.90 Å². The summed E-state index contributed by atoms with van der Waals surface area (Å²) in [5, 5.41) is 0.139. The second-order valence-corrected chi connectivity index (χ2v) is 7.59. The molecule has 1 atom stereocenters. The minimum atomic E-state index is -3.74. The van der Waals surface area contributed by atoms with Gasteiger partial charge >= 0.3 is 0 Å². The molecule has 0 radical (unpaired) electrons. The summed E-state index contributed by atoms with van der Waals surface area (Å²) in [6.45, 7) is 1.76. The summed E-state index contributed by atoms with van der Waals surface area (Å²) in [7, 11) is -3.74. The van der Waals surface area contributed by atoms with Gasteiger partial charge in [-0.25, -0.2) is 13.1 Å². The normalized spacial score (nSPS) is 13.1. The third-order valence-corrected chi connectivity index (χ3v) is 5.50. The molecule has 0 aromatic heterocycles. The number of nitrogens with one attached hydrogen (secondary N) is 1. The first-order valence-corrected chi connectivity index (χ1v) is 8.78. The number of nitrogens with two attached hydrogens (primary N) is 1. The van der Waals surface area contributed by atoms with E-state index in [4.69, 9.17) is 17.3 Å². The number of hydrogen-bond donors (Lipinski definition) is 2. The number of hydrogen-bond acceptors (Lipinski definition) is 3. The second-order valence-electron chi connectivity index (χ2n) is 4.58. The number of halogens is 2. The van der Waals surface area contributed by atoms with Crippen LogP contribution in [-0.4, -0.2) is 8.42 Å². The Morgan fingerprint density at radius 2 is 1.81 bits per heavy atom. The lowest BCUT2D eigenvalue weighted by atomic mass is 10.1. The van der Waals surface area contributed by atoms with Crippen molar-refractivity contribution in [3.8, 4) is 0 Å². The molecule has 2 aromatic carbocycles. The molecule has 0 amide bonds. The highest BCUT2D eigenvalue weighted by Gasteiger charge is 2.21. The number of sulfonamides is 1. The summed E-state index contributed by atoms with van der Waals surface area (Å²) in [4.78, 5) is -0.0203. The van der Waals surface area contributed by atoms with Crippen molar-refractivity contribution >= 4 is 43.2 Å². The van der Waals surface area contributed by atoms with E-state index in [2.05, 4.69) is 20.7 Å². The Hall–Kier alpha value is -1.08. The molecule has 0 bridgehead atoms. The average Bonchev–Trinajstić information content (AvgIpc) is 2.41. The van der Waals surface area contributed by atoms with Crippen molar-refractivity contribution in [3.05, 3.63) is 57.5 Å². The van der Waals surface area contributed by atoms with Gasteiger partial charge in [0.2, 0.25) is 10.0 Å². The summed E-state index contributed by atoms with van der Waals surface area (Å²) < 4.78 is 28.3. The van der Waals surface area contributed by atoms with Crippen molar-refractivity contribution < 1.29 is 8.42 Å². The van der Waals surface area contributed by atoms with Crippen molar-refractivity contribution in [2.45, 2.75) is 17.9 Å². The quantitative estimate of drug-likeness (QED) is 0.783. The van der Waals surface area contributed by atoms with E-state index in [-0.39, 0.29) is 16.0 Å². The fourth-order valence-electron chi connectivity index (χ4n) is 1.84. The Balaban J connectivity index is 2.28. The highest BCUT2D eigenvalue weighted by atomic mass is 79.9. The van der Waals surface area contributed by atoms with E-state index in [1.54, 1.807) is 13.0 Å². The fourth-order valence-corrected chi connectivity index (χ4v) is 3.87. The Morgan fingerprint density at radius 3 is 2.43 bits per heavy atom. The standard InChI is InChI=1S/C14H14BrClN2O2S/c1-9(10-2-4-11(15)5-3-10)18-21(19,20)14-8-12(17)6-7-13(14)16/h2-9,18H,17H2,1H3/t9-/m1/s1. The molecule has 3 N–H and O–H groups in total. The van der Waals surface area contributed by atoms with E-state index in [9.17, 15) is 8.42 Å². The van der Waals surface area contributed by atoms with E-state index in [1.165, 1.54) is 12.1 Å². The zero-order valence-corrected chi connectivity index (χ0v) is 14.3. The van der Waals surface area contributed by atoms with E-state index in [0.29, 0.717) is 5.69 Å². The van der Waals surface area contributed by atoms with Gasteiger partial charge in [0.15, 0.2) is 0 Å². The van der Waals surface area contributed by atoms with Crippen molar-refractivity contribution in [1.29, 1.82) is 0 Å². The smallest absolute Gasteiger partial charge is 0.242 e. The van der Waals surface area contributed by atoms with Crippen LogP contribution in [-0.2, 0) is 10.0 Å². The first-order valence-electron chi connectivity index (χ1n) is 6.12. The molecular weight excluding hydrogens is 376 g/mol. The molecular formula is C14H14BrClN2O2S. The van der Waals surface area contributed by atoms with Gasteiger partial charge in [-0.05, 0) is 42.8 Å². The van der Waals surface area contributed by atoms with E-state index in [0.717, 1.165) is 10.0 Å². The number of rotatable bonds is 4. The van der Waals surface area contributed by atoms with Crippen molar-refractivity contribution in [1.82, 2.24) is 4.72 Å². The lowest BCUT2D eigenvalue weighted by molar-refractivity contribution is 0.567. The largest absolute Gasteiger partial charge is 0.399 e. The third-order valence-electron chi connectivity index (χ3n) is 2.95. The SMILES string of the molecule is C[C@@H](NS(=O)(=O)c1cc(N)ccc1Cl)c1ccc(Br)cc1. The molecule has 7 heteroatoms. The van der Waals surface area contributed by atoms with Crippen molar-refractivity contribution in [2.24, 2.45) is 0 Å². The molecule has 0 aliphatic rings. The third kappa shape index (κ3) is 3.97. The van der Waals surface area contributed by atoms with Gasteiger partial charge in [0.25, 0.3) is 0 Å². The molecule has 21 heavy (non-hydrogen) atoms. The van der Waals surface area contributed by atoms with Crippen LogP contribution >= 0.6 is 27.5 Å². The van der Waals surface area contributed by atoms with Crippen LogP contribution in [0, 0.1) is 0 Å². The van der Waals surface area contributed by atoms with Gasteiger partial charge in [0, 0.05) is 16.2 Å². The van der Waals surface area contributed by atoms with Gasteiger partial charge in [-0.2, -0.15) is 0 Å². The van der Waals surface area contributed by atoms with E-state index in [1.807, 2.05) is 24.3 Å². The van der Waals surface area contributed by atoms with E-state index < -0.39 is 10.0 Å². The van der Waals surface area contributed by atoms with Crippen LogP contribution in [0.15, 0.2) is 51.8 Å². The van der Waals surface area contributed by atoms with Crippen molar-refractivity contribution in [3.63, 3.8) is 0 Å². The molecule has 0 fully saturated rings. The average molecular weight is 390 g/mol. The van der Waals surface area contributed by atoms with Crippen LogP contribution < -0.4 is 10.5 Å².